The molecule has 1 unspecified atom stereocenters. The fourth-order valence-electron chi connectivity index (χ4n) is 1.83. The molecule has 88 valence electrons. The molecule has 0 saturated carbocycles. The maximum absolute atomic E-state index is 5.62. The molecule has 0 amide bonds. The van der Waals surface area contributed by atoms with Gasteiger partial charge in [0.25, 0.3) is 0 Å². The lowest BCUT2D eigenvalue weighted by atomic mass is 10.2. The SMILES string of the molecule is CC1CN(c2nc(N)ncc2Br)CCN1C. The normalized spacial score (nSPS) is 22.4. The van der Waals surface area contributed by atoms with E-state index in [4.69, 9.17) is 5.73 Å². The van der Waals surface area contributed by atoms with Crippen molar-refractivity contribution in [2.45, 2.75) is 13.0 Å². The van der Waals surface area contributed by atoms with Crippen molar-refractivity contribution in [2.75, 3.05) is 37.3 Å². The minimum absolute atomic E-state index is 0.324. The molecule has 1 fully saturated rings. The van der Waals surface area contributed by atoms with Crippen molar-refractivity contribution in [2.24, 2.45) is 0 Å². The van der Waals surface area contributed by atoms with Crippen molar-refractivity contribution < 1.29 is 0 Å². The maximum Gasteiger partial charge on any atom is 0.222 e. The Hall–Kier alpha value is -0.880. The van der Waals surface area contributed by atoms with Gasteiger partial charge in [0.2, 0.25) is 5.95 Å². The van der Waals surface area contributed by atoms with Crippen molar-refractivity contribution >= 4 is 27.7 Å². The van der Waals surface area contributed by atoms with Gasteiger partial charge in [-0.05, 0) is 29.9 Å². The first-order valence-corrected chi connectivity index (χ1v) is 6.10. The fraction of sp³-hybridized carbons (Fsp3) is 0.600. The third-order valence-corrected chi connectivity index (χ3v) is 3.56. The van der Waals surface area contributed by atoms with Gasteiger partial charge in [-0.25, -0.2) is 4.98 Å². The van der Waals surface area contributed by atoms with Crippen LogP contribution in [-0.4, -0.2) is 47.6 Å². The summed E-state index contributed by atoms with van der Waals surface area (Å²) in [6.07, 6.45) is 1.71. The minimum atomic E-state index is 0.324. The highest BCUT2D eigenvalue weighted by Crippen LogP contribution is 2.25. The molecule has 16 heavy (non-hydrogen) atoms. The summed E-state index contributed by atoms with van der Waals surface area (Å²) in [5.74, 6) is 1.22. The smallest absolute Gasteiger partial charge is 0.222 e. The Labute approximate surface area is 104 Å². The van der Waals surface area contributed by atoms with E-state index in [2.05, 4.69) is 49.7 Å². The Balaban J connectivity index is 2.21. The van der Waals surface area contributed by atoms with Gasteiger partial charge in [-0.1, -0.05) is 0 Å². The van der Waals surface area contributed by atoms with E-state index in [0.717, 1.165) is 29.9 Å². The second kappa shape index (κ2) is 4.55. The monoisotopic (exact) mass is 285 g/mol. The van der Waals surface area contributed by atoms with Crippen molar-refractivity contribution in [1.29, 1.82) is 0 Å². The molecule has 2 N–H and O–H groups in total. The zero-order valence-corrected chi connectivity index (χ0v) is 11.1. The number of nitrogens with zero attached hydrogens (tertiary/aromatic N) is 4. The molecule has 0 aromatic carbocycles. The topological polar surface area (TPSA) is 58.3 Å². The number of hydrogen-bond donors (Lipinski definition) is 1. The van der Waals surface area contributed by atoms with Gasteiger partial charge in [-0.3, -0.25) is 0 Å². The molecule has 1 aromatic rings. The standard InChI is InChI=1S/C10H16BrN5/c1-7-6-16(4-3-15(7)2)9-8(11)5-13-10(12)14-9/h5,7H,3-4,6H2,1-2H3,(H2,12,13,14). The van der Waals surface area contributed by atoms with E-state index < -0.39 is 0 Å². The van der Waals surface area contributed by atoms with Crippen molar-refractivity contribution in [3.63, 3.8) is 0 Å². The van der Waals surface area contributed by atoms with Crippen LogP contribution in [-0.2, 0) is 0 Å². The second-order valence-corrected chi connectivity index (χ2v) is 5.03. The van der Waals surface area contributed by atoms with Crippen LogP contribution in [0, 0.1) is 0 Å². The van der Waals surface area contributed by atoms with E-state index >= 15 is 0 Å². The summed E-state index contributed by atoms with van der Waals surface area (Å²) in [5, 5.41) is 0. The van der Waals surface area contributed by atoms with Gasteiger partial charge >= 0.3 is 0 Å². The van der Waals surface area contributed by atoms with Crippen LogP contribution >= 0.6 is 15.9 Å². The second-order valence-electron chi connectivity index (χ2n) is 4.18. The van der Waals surface area contributed by atoms with Crippen LogP contribution in [0.3, 0.4) is 0 Å². The maximum atomic E-state index is 5.62. The number of aromatic nitrogens is 2. The minimum Gasteiger partial charge on any atom is -0.368 e. The molecule has 0 radical (unpaired) electrons. The highest BCUT2D eigenvalue weighted by Gasteiger charge is 2.23. The zero-order chi connectivity index (χ0) is 11.7. The van der Waals surface area contributed by atoms with Crippen molar-refractivity contribution in [3.8, 4) is 0 Å². The van der Waals surface area contributed by atoms with Gasteiger partial charge in [0.1, 0.15) is 5.82 Å². The van der Waals surface area contributed by atoms with Crippen LogP contribution in [0.25, 0.3) is 0 Å². The van der Waals surface area contributed by atoms with Gasteiger partial charge in [0.05, 0.1) is 4.47 Å². The molecule has 1 aliphatic heterocycles. The average molecular weight is 286 g/mol. The van der Waals surface area contributed by atoms with E-state index in [1.807, 2.05) is 0 Å². The Bertz CT molecular complexity index is 383. The Morgan fingerprint density at radius 2 is 2.25 bits per heavy atom. The molecule has 1 aliphatic rings. The van der Waals surface area contributed by atoms with Gasteiger partial charge in [-0.2, -0.15) is 4.98 Å². The van der Waals surface area contributed by atoms with E-state index in [1.54, 1.807) is 6.20 Å². The summed E-state index contributed by atoms with van der Waals surface area (Å²) in [6, 6.07) is 0.525. The van der Waals surface area contributed by atoms with Crippen LogP contribution in [0.2, 0.25) is 0 Å². The molecule has 6 heteroatoms. The molecular formula is C10H16BrN5. The van der Waals surface area contributed by atoms with Crippen LogP contribution in [0.1, 0.15) is 6.92 Å². The van der Waals surface area contributed by atoms with Gasteiger partial charge in [-0.15, -0.1) is 0 Å². The zero-order valence-electron chi connectivity index (χ0n) is 9.52. The van der Waals surface area contributed by atoms with E-state index in [-0.39, 0.29) is 0 Å². The number of rotatable bonds is 1. The number of piperazine rings is 1. The highest BCUT2D eigenvalue weighted by molar-refractivity contribution is 9.10. The third-order valence-electron chi connectivity index (χ3n) is 3.00. The Morgan fingerprint density at radius 1 is 1.50 bits per heavy atom. The number of nitrogens with two attached hydrogens (primary N) is 1. The molecule has 0 spiro atoms. The summed E-state index contributed by atoms with van der Waals surface area (Å²) in [4.78, 5) is 12.8. The lowest BCUT2D eigenvalue weighted by Gasteiger charge is -2.38. The summed E-state index contributed by atoms with van der Waals surface area (Å²) >= 11 is 3.47. The third kappa shape index (κ3) is 2.27. The number of likely N-dealkylation sites (N-methyl/N-ethyl adjacent to an activating group) is 1. The Kier molecular flexibility index (Phi) is 3.30. The van der Waals surface area contributed by atoms with Gasteiger partial charge < -0.3 is 15.5 Å². The van der Waals surface area contributed by atoms with E-state index in [1.165, 1.54) is 0 Å². The first kappa shape index (κ1) is 11.6. The lowest BCUT2D eigenvalue weighted by molar-refractivity contribution is 0.233. The number of halogens is 1. The van der Waals surface area contributed by atoms with Crippen molar-refractivity contribution in [1.82, 2.24) is 14.9 Å². The first-order chi connectivity index (χ1) is 7.58. The number of nitrogen functional groups attached to an aromatic ring is 1. The van der Waals surface area contributed by atoms with E-state index in [9.17, 15) is 0 Å². The number of anilines is 2. The van der Waals surface area contributed by atoms with Crippen LogP contribution in [0.4, 0.5) is 11.8 Å². The molecular weight excluding hydrogens is 270 g/mol. The van der Waals surface area contributed by atoms with E-state index in [0.29, 0.717) is 12.0 Å². The van der Waals surface area contributed by atoms with Crippen LogP contribution < -0.4 is 10.6 Å². The quantitative estimate of drug-likeness (QED) is 0.833. The largest absolute Gasteiger partial charge is 0.368 e. The average Bonchev–Trinajstić information content (AvgIpc) is 2.26. The summed E-state index contributed by atoms with van der Waals surface area (Å²) in [6.45, 7) is 5.18. The number of hydrogen-bond acceptors (Lipinski definition) is 5. The molecule has 0 bridgehead atoms. The lowest BCUT2D eigenvalue weighted by Crippen LogP contribution is -2.50. The van der Waals surface area contributed by atoms with Crippen molar-refractivity contribution in [3.05, 3.63) is 10.7 Å². The molecule has 1 saturated heterocycles. The first-order valence-electron chi connectivity index (χ1n) is 5.31. The van der Waals surface area contributed by atoms with Crippen LogP contribution in [0.15, 0.2) is 10.7 Å². The predicted molar refractivity (Wildman–Crippen MR) is 68.4 cm³/mol. The Morgan fingerprint density at radius 3 is 2.94 bits per heavy atom. The van der Waals surface area contributed by atoms with Gasteiger partial charge in [0, 0.05) is 31.9 Å². The summed E-state index contributed by atoms with van der Waals surface area (Å²) < 4.78 is 0.901. The summed E-state index contributed by atoms with van der Waals surface area (Å²) in [5.41, 5.74) is 5.62. The van der Waals surface area contributed by atoms with Crippen LogP contribution in [0.5, 0.6) is 0 Å². The molecule has 2 heterocycles. The van der Waals surface area contributed by atoms with Gasteiger partial charge in [0.15, 0.2) is 0 Å². The highest BCUT2D eigenvalue weighted by atomic mass is 79.9. The molecule has 5 nitrogen and oxygen atoms in total. The molecule has 0 aliphatic carbocycles. The predicted octanol–water partition coefficient (Wildman–Crippen LogP) is 0.962. The molecule has 2 rings (SSSR count). The molecule has 1 atom stereocenters. The summed E-state index contributed by atoms with van der Waals surface area (Å²) in [7, 11) is 2.14. The molecule has 1 aromatic heterocycles. The fourth-order valence-corrected chi connectivity index (χ4v) is 2.28.